The lowest BCUT2D eigenvalue weighted by molar-refractivity contribution is -0.384. The summed E-state index contributed by atoms with van der Waals surface area (Å²) in [5, 5.41) is 11.4. The van der Waals surface area contributed by atoms with Crippen LogP contribution in [0.15, 0.2) is 18.2 Å². The van der Waals surface area contributed by atoms with Crippen LogP contribution in [0, 0.1) is 10.1 Å². The molecule has 2 rings (SSSR count). The molecule has 1 aliphatic rings. The molecule has 0 aromatic heterocycles. The van der Waals surface area contributed by atoms with Gasteiger partial charge in [0, 0.05) is 36.8 Å². The van der Waals surface area contributed by atoms with Crippen LogP contribution in [-0.2, 0) is 11.3 Å². The molecule has 0 atom stereocenters. The Morgan fingerprint density at radius 2 is 1.86 bits per heavy atom. The highest BCUT2D eigenvalue weighted by atomic mass is 35.5. The van der Waals surface area contributed by atoms with E-state index >= 15 is 0 Å². The molecule has 6 heteroatoms. The van der Waals surface area contributed by atoms with Crippen molar-refractivity contribution >= 4 is 17.3 Å². The Bertz CT molecular complexity index is 542. The fourth-order valence-corrected chi connectivity index (χ4v) is 3.27. The number of hydrogen-bond acceptors (Lipinski definition) is 4. The third kappa shape index (κ3) is 4.15. The number of nitrogens with zero attached hydrogens (tertiary/aromatic N) is 2. The van der Waals surface area contributed by atoms with E-state index in [0.29, 0.717) is 11.6 Å². The van der Waals surface area contributed by atoms with Crippen LogP contribution in [0.2, 0.25) is 5.02 Å². The highest BCUT2D eigenvalue weighted by molar-refractivity contribution is 6.31. The fraction of sp³-hybridized carbons (Fsp3) is 0.600. The summed E-state index contributed by atoms with van der Waals surface area (Å²) in [6.07, 6.45) is 0. The van der Waals surface area contributed by atoms with Crippen molar-refractivity contribution in [1.29, 1.82) is 0 Å². The molecule has 0 amide bonds. The molecule has 21 heavy (non-hydrogen) atoms. The van der Waals surface area contributed by atoms with Gasteiger partial charge in [-0.15, -0.1) is 0 Å². The topological polar surface area (TPSA) is 55.6 Å². The largest absolute Gasteiger partial charge is 0.367 e. The maximum atomic E-state index is 10.9. The molecular formula is C15H21ClN2O3. The van der Waals surface area contributed by atoms with Crippen molar-refractivity contribution in [3.8, 4) is 0 Å². The molecular weight excluding hydrogens is 292 g/mol. The monoisotopic (exact) mass is 312 g/mol. The molecule has 1 aromatic rings. The molecule has 0 unspecified atom stereocenters. The van der Waals surface area contributed by atoms with Gasteiger partial charge in [0.15, 0.2) is 0 Å². The number of benzene rings is 1. The van der Waals surface area contributed by atoms with Crippen LogP contribution in [-0.4, -0.2) is 34.1 Å². The molecule has 5 nitrogen and oxygen atoms in total. The van der Waals surface area contributed by atoms with Gasteiger partial charge in [-0.05, 0) is 39.3 Å². The lowest BCUT2D eigenvalue weighted by Crippen LogP contribution is -2.56. The average molecular weight is 313 g/mol. The number of rotatable bonds is 3. The zero-order chi connectivity index (χ0) is 15.8. The number of halogens is 1. The molecule has 0 saturated carbocycles. The molecule has 116 valence electrons. The van der Waals surface area contributed by atoms with Gasteiger partial charge in [0.1, 0.15) is 0 Å². The minimum absolute atomic E-state index is 0.0705. The summed E-state index contributed by atoms with van der Waals surface area (Å²) in [5.41, 5.74) is 0.338. The second-order valence-electron chi connectivity index (χ2n) is 6.80. The molecule has 1 aliphatic heterocycles. The first-order chi connectivity index (χ1) is 9.58. The number of non-ortho nitro benzene ring substituents is 1. The number of hydrogen-bond donors (Lipinski definition) is 0. The van der Waals surface area contributed by atoms with Gasteiger partial charge in [0.05, 0.1) is 16.1 Å². The van der Waals surface area contributed by atoms with Crippen molar-refractivity contribution < 1.29 is 9.66 Å². The van der Waals surface area contributed by atoms with Gasteiger partial charge in [0.2, 0.25) is 0 Å². The summed E-state index contributed by atoms with van der Waals surface area (Å²) < 4.78 is 6.04. The first kappa shape index (κ1) is 16.2. The van der Waals surface area contributed by atoms with Crippen molar-refractivity contribution in [3.05, 3.63) is 38.9 Å². The fourth-order valence-electron chi connectivity index (χ4n) is 3.09. The SMILES string of the molecule is CC1(C)CN(Cc2cc([N+](=O)[O-])ccc2Cl)CC(C)(C)O1. The van der Waals surface area contributed by atoms with Crippen LogP contribution < -0.4 is 0 Å². The van der Waals surface area contributed by atoms with E-state index in [-0.39, 0.29) is 16.9 Å². The summed E-state index contributed by atoms with van der Waals surface area (Å²) in [6, 6.07) is 4.57. The second kappa shape index (κ2) is 5.55. The third-order valence-corrected chi connectivity index (χ3v) is 3.76. The highest BCUT2D eigenvalue weighted by Gasteiger charge is 2.38. The zero-order valence-electron chi connectivity index (χ0n) is 12.9. The van der Waals surface area contributed by atoms with Gasteiger partial charge in [-0.1, -0.05) is 11.6 Å². The van der Waals surface area contributed by atoms with E-state index in [0.717, 1.165) is 18.7 Å². The van der Waals surface area contributed by atoms with E-state index < -0.39 is 4.92 Å². The van der Waals surface area contributed by atoms with Gasteiger partial charge in [0.25, 0.3) is 5.69 Å². The number of nitro benzene ring substituents is 1. The van der Waals surface area contributed by atoms with Crippen LogP contribution in [0.25, 0.3) is 0 Å². The molecule has 0 N–H and O–H groups in total. The van der Waals surface area contributed by atoms with Crippen molar-refractivity contribution in [1.82, 2.24) is 4.90 Å². The minimum atomic E-state index is -0.396. The van der Waals surface area contributed by atoms with Gasteiger partial charge < -0.3 is 4.74 Å². The number of ether oxygens (including phenoxy) is 1. The first-order valence-corrected chi connectivity index (χ1v) is 7.31. The van der Waals surface area contributed by atoms with Crippen LogP contribution in [0.1, 0.15) is 33.3 Å². The van der Waals surface area contributed by atoms with Gasteiger partial charge >= 0.3 is 0 Å². The summed E-state index contributed by atoms with van der Waals surface area (Å²) in [7, 11) is 0. The van der Waals surface area contributed by atoms with E-state index in [1.165, 1.54) is 6.07 Å². The Balaban J connectivity index is 2.21. The highest BCUT2D eigenvalue weighted by Crippen LogP contribution is 2.30. The van der Waals surface area contributed by atoms with E-state index in [1.54, 1.807) is 12.1 Å². The quantitative estimate of drug-likeness (QED) is 0.631. The van der Waals surface area contributed by atoms with Crippen LogP contribution in [0.5, 0.6) is 0 Å². The number of morpholine rings is 1. The molecule has 0 radical (unpaired) electrons. The summed E-state index contributed by atoms with van der Waals surface area (Å²) >= 11 is 6.18. The third-order valence-electron chi connectivity index (χ3n) is 3.40. The molecule has 0 spiro atoms. The lowest BCUT2D eigenvalue weighted by atomic mass is 9.98. The van der Waals surface area contributed by atoms with Crippen molar-refractivity contribution in [3.63, 3.8) is 0 Å². The summed E-state index contributed by atoms with van der Waals surface area (Å²) in [5.74, 6) is 0. The van der Waals surface area contributed by atoms with Crippen molar-refractivity contribution in [2.75, 3.05) is 13.1 Å². The normalized spacial score (nSPS) is 21.2. The standard InChI is InChI=1S/C15H21ClN2O3/c1-14(2)9-17(10-15(3,4)21-14)8-11-7-12(18(19)20)5-6-13(11)16/h5-7H,8-10H2,1-4H3. The van der Waals surface area contributed by atoms with E-state index in [9.17, 15) is 10.1 Å². The van der Waals surface area contributed by atoms with Gasteiger partial charge in [-0.25, -0.2) is 0 Å². The Labute approximate surface area is 130 Å². The van der Waals surface area contributed by atoms with Gasteiger partial charge in [-0.3, -0.25) is 15.0 Å². The molecule has 1 fully saturated rings. The Hall–Kier alpha value is -1.17. The van der Waals surface area contributed by atoms with Crippen LogP contribution in [0.3, 0.4) is 0 Å². The summed E-state index contributed by atoms with van der Waals surface area (Å²) in [6.45, 7) is 10.3. The molecule has 1 saturated heterocycles. The van der Waals surface area contributed by atoms with Crippen molar-refractivity contribution in [2.45, 2.75) is 45.4 Å². The Kier molecular flexibility index (Phi) is 4.29. The smallest absolute Gasteiger partial charge is 0.269 e. The average Bonchev–Trinajstić information content (AvgIpc) is 2.27. The lowest BCUT2D eigenvalue weighted by Gasteiger charge is -2.47. The maximum Gasteiger partial charge on any atom is 0.269 e. The maximum absolute atomic E-state index is 10.9. The second-order valence-corrected chi connectivity index (χ2v) is 7.21. The summed E-state index contributed by atoms with van der Waals surface area (Å²) in [4.78, 5) is 12.7. The van der Waals surface area contributed by atoms with Gasteiger partial charge in [-0.2, -0.15) is 0 Å². The number of nitro groups is 1. The molecule has 0 aliphatic carbocycles. The minimum Gasteiger partial charge on any atom is -0.367 e. The van der Waals surface area contributed by atoms with E-state index in [2.05, 4.69) is 32.6 Å². The molecule has 0 bridgehead atoms. The predicted molar refractivity (Wildman–Crippen MR) is 82.6 cm³/mol. The predicted octanol–water partition coefficient (Wildman–Crippen LogP) is 3.64. The van der Waals surface area contributed by atoms with E-state index in [1.807, 2.05) is 0 Å². The van der Waals surface area contributed by atoms with Crippen LogP contribution in [0.4, 0.5) is 5.69 Å². The molecule has 1 heterocycles. The molecule has 1 aromatic carbocycles. The Morgan fingerprint density at radius 1 is 1.29 bits per heavy atom. The zero-order valence-corrected chi connectivity index (χ0v) is 13.6. The first-order valence-electron chi connectivity index (χ1n) is 6.93. The van der Waals surface area contributed by atoms with Crippen molar-refractivity contribution in [2.24, 2.45) is 0 Å². The Morgan fingerprint density at radius 3 is 2.38 bits per heavy atom. The van der Waals surface area contributed by atoms with Crippen LogP contribution >= 0.6 is 11.6 Å². The van der Waals surface area contributed by atoms with E-state index in [4.69, 9.17) is 16.3 Å².